The van der Waals surface area contributed by atoms with Crippen LogP contribution in [-0.4, -0.2) is 42.2 Å². The van der Waals surface area contributed by atoms with Gasteiger partial charge in [0.05, 0.1) is 31.8 Å². The zero-order valence-electron chi connectivity index (χ0n) is 16.2. The Bertz CT molecular complexity index is 943. The average molecular weight is 408 g/mol. The third-order valence-corrected chi connectivity index (χ3v) is 5.38. The smallest absolute Gasteiger partial charge is 0.255 e. The maximum absolute atomic E-state index is 12.7. The van der Waals surface area contributed by atoms with E-state index in [1.54, 1.807) is 25.1 Å². The van der Waals surface area contributed by atoms with Crippen molar-refractivity contribution in [3.8, 4) is 17.2 Å². The quantitative estimate of drug-likeness (QED) is 0.657. The Kier molecular flexibility index (Phi) is 7.24. The first-order valence-electron chi connectivity index (χ1n) is 8.53. The molecule has 1 amide bonds. The molecule has 28 heavy (non-hydrogen) atoms. The van der Waals surface area contributed by atoms with Crippen molar-refractivity contribution in [2.24, 2.45) is 0 Å². The maximum atomic E-state index is 12.7. The van der Waals surface area contributed by atoms with Crippen LogP contribution in [0.4, 0.5) is 0 Å². The zero-order valence-corrected chi connectivity index (χ0v) is 17.1. The highest BCUT2D eigenvalue weighted by Crippen LogP contribution is 2.28. The summed E-state index contributed by atoms with van der Waals surface area (Å²) in [6.07, 6.45) is 0. The van der Waals surface area contributed by atoms with E-state index < -0.39 is 15.9 Å². The fraction of sp³-hybridized carbons (Fsp3) is 0.316. The van der Waals surface area contributed by atoms with Crippen LogP contribution in [-0.2, 0) is 16.6 Å². The minimum atomic E-state index is -3.85. The van der Waals surface area contributed by atoms with Crippen LogP contribution >= 0.6 is 0 Å². The van der Waals surface area contributed by atoms with Crippen LogP contribution in [0.5, 0.6) is 17.2 Å². The largest absolute Gasteiger partial charge is 0.496 e. The standard InChI is InChI=1S/C19H24N2O6S/c1-5-20-19(22)15-11-14(7-9-16(15)25-2)28(23,24)21-12-13-6-8-17(26-3)18(10-13)27-4/h6-11,21H,5,12H2,1-4H3,(H,20,22). The van der Waals surface area contributed by atoms with Crippen LogP contribution in [0.15, 0.2) is 41.3 Å². The molecule has 0 unspecified atom stereocenters. The molecule has 2 aromatic carbocycles. The summed E-state index contributed by atoms with van der Waals surface area (Å²) >= 11 is 0. The summed E-state index contributed by atoms with van der Waals surface area (Å²) in [5, 5.41) is 2.64. The Hall–Kier alpha value is -2.78. The number of ether oxygens (including phenoxy) is 3. The Balaban J connectivity index is 2.25. The summed E-state index contributed by atoms with van der Waals surface area (Å²) < 4.78 is 43.4. The third kappa shape index (κ3) is 4.93. The Morgan fingerprint density at radius 2 is 1.57 bits per heavy atom. The summed E-state index contributed by atoms with van der Waals surface area (Å²) in [6, 6.07) is 9.26. The van der Waals surface area contributed by atoms with E-state index in [9.17, 15) is 13.2 Å². The van der Waals surface area contributed by atoms with Crippen molar-refractivity contribution in [1.29, 1.82) is 0 Å². The topological polar surface area (TPSA) is 103 Å². The van der Waals surface area contributed by atoms with Crippen molar-refractivity contribution in [3.05, 3.63) is 47.5 Å². The van der Waals surface area contributed by atoms with Gasteiger partial charge in [-0.2, -0.15) is 0 Å². The maximum Gasteiger partial charge on any atom is 0.255 e. The van der Waals surface area contributed by atoms with Crippen molar-refractivity contribution in [3.63, 3.8) is 0 Å². The number of sulfonamides is 1. The number of rotatable bonds is 9. The Morgan fingerprint density at radius 1 is 0.929 bits per heavy atom. The molecule has 0 heterocycles. The number of hydrogen-bond donors (Lipinski definition) is 2. The predicted molar refractivity (Wildman–Crippen MR) is 105 cm³/mol. The molecular weight excluding hydrogens is 384 g/mol. The van der Waals surface area contributed by atoms with E-state index in [1.807, 2.05) is 0 Å². The van der Waals surface area contributed by atoms with Gasteiger partial charge in [0, 0.05) is 13.1 Å². The summed E-state index contributed by atoms with van der Waals surface area (Å²) in [6.45, 7) is 2.23. The highest BCUT2D eigenvalue weighted by molar-refractivity contribution is 7.89. The molecular formula is C19H24N2O6S. The number of amides is 1. The molecule has 2 aromatic rings. The van der Waals surface area contributed by atoms with Gasteiger partial charge in [-0.1, -0.05) is 6.07 Å². The molecule has 152 valence electrons. The second kappa shape index (κ2) is 9.43. The van der Waals surface area contributed by atoms with Crippen LogP contribution in [0.25, 0.3) is 0 Å². The normalized spacial score (nSPS) is 11.0. The van der Waals surface area contributed by atoms with Crippen LogP contribution in [0.1, 0.15) is 22.8 Å². The van der Waals surface area contributed by atoms with E-state index in [-0.39, 0.29) is 17.0 Å². The van der Waals surface area contributed by atoms with Gasteiger partial charge in [0.15, 0.2) is 11.5 Å². The number of methoxy groups -OCH3 is 3. The number of carbonyl (C=O) groups is 1. The number of benzene rings is 2. The Morgan fingerprint density at radius 3 is 2.18 bits per heavy atom. The second-order valence-electron chi connectivity index (χ2n) is 5.74. The van der Waals surface area contributed by atoms with Gasteiger partial charge in [0.1, 0.15) is 5.75 Å². The fourth-order valence-electron chi connectivity index (χ4n) is 2.54. The highest BCUT2D eigenvalue weighted by atomic mass is 32.2. The van der Waals surface area contributed by atoms with E-state index in [0.717, 1.165) is 0 Å². The van der Waals surface area contributed by atoms with Gasteiger partial charge in [0.2, 0.25) is 10.0 Å². The fourth-order valence-corrected chi connectivity index (χ4v) is 3.58. The van der Waals surface area contributed by atoms with Crippen LogP contribution in [0, 0.1) is 0 Å². The zero-order chi connectivity index (χ0) is 20.7. The lowest BCUT2D eigenvalue weighted by Crippen LogP contribution is -2.26. The lowest BCUT2D eigenvalue weighted by molar-refractivity contribution is 0.0952. The molecule has 8 nitrogen and oxygen atoms in total. The number of hydrogen-bond acceptors (Lipinski definition) is 6. The molecule has 2 N–H and O–H groups in total. The molecule has 9 heteroatoms. The molecule has 0 radical (unpaired) electrons. The summed E-state index contributed by atoms with van der Waals surface area (Å²) in [5.74, 6) is 0.944. The van der Waals surface area contributed by atoms with E-state index in [4.69, 9.17) is 14.2 Å². The first kappa shape index (κ1) is 21.5. The molecule has 0 spiro atoms. The highest BCUT2D eigenvalue weighted by Gasteiger charge is 2.19. The molecule has 0 saturated carbocycles. The lowest BCUT2D eigenvalue weighted by Gasteiger charge is -2.13. The van der Waals surface area contributed by atoms with Gasteiger partial charge in [-0.05, 0) is 42.8 Å². The van der Waals surface area contributed by atoms with Crippen molar-refractivity contribution in [2.75, 3.05) is 27.9 Å². The second-order valence-corrected chi connectivity index (χ2v) is 7.50. The van der Waals surface area contributed by atoms with Gasteiger partial charge in [-0.15, -0.1) is 0 Å². The molecule has 0 fully saturated rings. The predicted octanol–water partition coefficient (Wildman–Crippen LogP) is 1.94. The first-order valence-corrected chi connectivity index (χ1v) is 10.0. The van der Waals surface area contributed by atoms with Crippen molar-refractivity contribution >= 4 is 15.9 Å². The monoisotopic (exact) mass is 408 g/mol. The summed E-state index contributed by atoms with van der Waals surface area (Å²) in [5.41, 5.74) is 0.844. The lowest BCUT2D eigenvalue weighted by atomic mass is 10.2. The molecule has 2 rings (SSSR count). The average Bonchev–Trinajstić information content (AvgIpc) is 2.71. The van der Waals surface area contributed by atoms with Crippen molar-refractivity contribution in [2.45, 2.75) is 18.4 Å². The first-order chi connectivity index (χ1) is 13.4. The summed E-state index contributed by atoms with van der Waals surface area (Å²) in [4.78, 5) is 12.1. The number of carbonyl (C=O) groups excluding carboxylic acids is 1. The van der Waals surface area contributed by atoms with E-state index in [2.05, 4.69) is 10.0 Å². The van der Waals surface area contributed by atoms with Gasteiger partial charge in [-0.25, -0.2) is 13.1 Å². The minimum Gasteiger partial charge on any atom is -0.496 e. The van der Waals surface area contributed by atoms with Gasteiger partial charge < -0.3 is 19.5 Å². The van der Waals surface area contributed by atoms with Gasteiger partial charge in [0.25, 0.3) is 5.91 Å². The SMILES string of the molecule is CCNC(=O)c1cc(S(=O)(=O)NCc2ccc(OC)c(OC)c2)ccc1OC. The van der Waals surface area contributed by atoms with E-state index in [0.29, 0.717) is 29.4 Å². The third-order valence-electron chi connectivity index (χ3n) is 3.98. The Labute approximate surface area is 164 Å². The molecule has 0 atom stereocenters. The summed E-state index contributed by atoms with van der Waals surface area (Å²) in [7, 11) is 0.601. The molecule has 0 aromatic heterocycles. The van der Waals surface area contributed by atoms with E-state index >= 15 is 0 Å². The molecule has 0 aliphatic carbocycles. The van der Waals surface area contributed by atoms with Crippen LogP contribution in [0.3, 0.4) is 0 Å². The van der Waals surface area contributed by atoms with E-state index in [1.165, 1.54) is 39.5 Å². The van der Waals surface area contributed by atoms with Gasteiger partial charge >= 0.3 is 0 Å². The van der Waals surface area contributed by atoms with Gasteiger partial charge in [-0.3, -0.25) is 4.79 Å². The van der Waals surface area contributed by atoms with Crippen molar-refractivity contribution in [1.82, 2.24) is 10.0 Å². The minimum absolute atomic E-state index is 0.0324. The van der Waals surface area contributed by atoms with Crippen LogP contribution < -0.4 is 24.2 Å². The molecule has 0 aliphatic rings. The van der Waals surface area contributed by atoms with Crippen LogP contribution in [0.2, 0.25) is 0 Å². The molecule has 0 saturated heterocycles. The molecule has 0 aliphatic heterocycles. The molecule has 0 bridgehead atoms. The number of nitrogens with one attached hydrogen (secondary N) is 2. The van der Waals surface area contributed by atoms with Crippen molar-refractivity contribution < 1.29 is 27.4 Å².